The van der Waals surface area contributed by atoms with Crippen molar-refractivity contribution >= 4 is 6.16 Å². The molecule has 0 atom stereocenters. The van der Waals surface area contributed by atoms with Gasteiger partial charge >= 0.3 is 6.16 Å². The van der Waals surface area contributed by atoms with Gasteiger partial charge in [0.25, 0.3) is 0 Å². The van der Waals surface area contributed by atoms with Crippen LogP contribution < -0.4 is 5.32 Å². The number of carbonyl (C=O) groups excluding carboxylic acids is 1. The molecule has 3 heteroatoms. The first-order valence-corrected chi connectivity index (χ1v) is 4.86. The van der Waals surface area contributed by atoms with Gasteiger partial charge < -0.3 is 5.32 Å². The maximum absolute atomic E-state index is 12.1. The van der Waals surface area contributed by atoms with Gasteiger partial charge in [-0.3, -0.25) is 0 Å². The molecule has 0 saturated heterocycles. The summed E-state index contributed by atoms with van der Waals surface area (Å²) in [5.41, 5.74) is -0.243. The molecule has 0 aromatic carbocycles. The van der Waals surface area contributed by atoms with Crippen molar-refractivity contribution in [1.82, 2.24) is 5.32 Å². The number of nitrogens with one attached hydrogen (secondary N) is 1. The summed E-state index contributed by atoms with van der Waals surface area (Å²) in [4.78, 5) is 10.2. The van der Waals surface area contributed by atoms with Crippen LogP contribution in [0.5, 0.6) is 0 Å². The molecule has 0 aliphatic heterocycles. The lowest BCUT2D eigenvalue weighted by molar-refractivity contribution is 0.209. The molecule has 0 heterocycles. The summed E-state index contributed by atoms with van der Waals surface area (Å²) in [6.45, 7) is 11.3. The van der Waals surface area contributed by atoms with Crippen LogP contribution in [0.4, 0.5) is 9.18 Å². The van der Waals surface area contributed by atoms with E-state index >= 15 is 0 Å². The van der Waals surface area contributed by atoms with Crippen LogP contribution in [0.1, 0.15) is 19.3 Å². The summed E-state index contributed by atoms with van der Waals surface area (Å²) < 4.78 is 12.1. The van der Waals surface area contributed by atoms with E-state index in [-0.39, 0.29) is 12.0 Å². The number of carbonyl (C=O) groups is 1. The third-order valence-electron chi connectivity index (χ3n) is 2.33. The molecule has 0 aromatic rings. The van der Waals surface area contributed by atoms with Crippen molar-refractivity contribution in [3.8, 4) is 0 Å². The molecule has 0 fully saturated rings. The number of allylic oxidation sites excluding steroid dienone is 3. The molecule has 0 aliphatic rings. The Balaban J connectivity index is 4.57. The highest BCUT2D eigenvalue weighted by Crippen LogP contribution is 2.31. The first-order valence-electron chi connectivity index (χ1n) is 4.86. The van der Waals surface area contributed by atoms with Crippen LogP contribution in [-0.4, -0.2) is 12.7 Å². The van der Waals surface area contributed by atoms with Gasteiger partial charge in [0.05, 0.1) is 0 Å². The molecule has 15 heavy (non-hydrogen) atoms. The fraction of sp³-hybridized carbons (Fsp3) is 0.417. The third kappa shape index (κ3) is 5.15. The van der Waals surface area contributed by atoms with E-state index in [1.807, 2.05) is 0 Å². The van der Waals surface area contributed by atoms with Crippen LogP contribution in [-0.2, 0) is 0 Å². The Labute approximate surface area is 90.6 Å². The molecule has 1 N–H and O–H groups in total. The zero-order chi connectivity index (χ0) is 11.7. The molecule has 0 saturated carbocycles. The predicted molar refractivity (Wildman–Crippen MR) is 61.4 cm³/mol. The minimum atomic E-state index is -1.50. The van der Waals surface area contributed by atoms with Crippen LogP contribution in [0.3, 0.4) is 0 Å². The monoisotopic (exact) mass is 211 g/mol. The highest BCUT2D eigenvalue weighted by Gasteiger charge is 2.26. The van der Waals surface area contributed by atoms with Crippen LogP contribution in [0, 0.1) is 5.41 Å². The second kappa shape index (κ2) is 6.98. The summed E-state index contributed by atoms with van der Waals surface area (Å²) in [6, 6.07) is 0. The fourth-order valence-electron chi connectivity index (χ4n) is 1.64. The zero-order valence-corrected chi connectivity index (χ0v) is 8.97. The van der Waals surface area contributed by atoms with Crippen molar-refractivity contribution in [1.29, 1.82) is 0 Å². The second-order valence-corrected chi connectivity index (χ2v) is 3.61. The van der Waals surface area contributed by atoms with Gasteiger partial charge in [0.1, 0.15) is 0 Å². The van der Waals surface area contributed by atoms with Gasteiger partial charge in [0.15, 0.2) is 0 Å². The highest BCUT2D eigenvalue weighted by molar-refractivity contribution is 5.65. The Morgan fingerprint density at radius 1 is 1.13 bits per heavy atom. The number of hydrogen-bond donors (Lipinski definition) is 1. The lowest BCUT2D eigenvalue weighted by Gasteiger charge is -2.30. The zero-order valence-electron chi connectivity index (χ0n) is 8.97. The van der Waals surface area contributed by atoms with Crippen LogP contribution >= 0.6 is 0 Å². The van der Waals surface area contributed by atoms with E-state index in [1.165, 1.54) is 0 Å². The Morgan fingerprint density at radius 2 is 1.53 bits per heavy atom. The molecule has 2 nitrogen and oxygen atoms in total. The van der Waals surface area contributed by atoms with E-state index in [9.17, 15) is 9.18 Å². The third-order valence-corrected chi connectivity index (χ3v) is 2.33. The Bertz CT molecular complexity index is 221. The van der Waals surface area contributed by atoms with Crippen molar-refractivity contribution < 1.29 is 9.18 Å². The van der Waals surface area contributed by atoms with Crippen molar-refractivity contribution in [2.75, 3.05) is 6.54 Å². The van der Waals surface area contributed by atoms with Gasteiger partial charge in [-0.15, -0.1) is 24.1 Å². The standard InChI is InChI=1S/C12H18FNO/c1-4-7-12(8-5-2,9-6-3)10-14-11(13)15/h4-6H,1-3,7-10H2,(H,14,15). The molecule has 0 unspecified atom stereocenters. The molecule has 0 spiro atoms. The quantitative estimate of drug-likeness (QED) is 0.372. The molecule has 0 rings (SSSR count). The molecular weight excluding hydrogens is 193 g/mol. The molecule has 1 amide bonds. The van der Waals surface area contributed by atoms with Gasteiger partial charge in [0, 0.05) is 6.54 Å². The summed E-state index contributed by atoms with van der Waals surface area (Å²) in [5, 5.41) is 2.19. The Kier molecular flexibility index (Phi) is 6.34. The summed E-state index contributed by atoms with van der Waals surface area (Å²) >= 11 is 0. The van der Waals surface area contributed by atoms with Gasteiger partial charge in [-0.25, -0.2) is 4.79 Å². The summed E-state index contributed by atoms with van der Waals surface area (Å²) in [5.74, 6) is 0. The number of hydrogen-bond acceptors (Lipinski definition) is 1. The minimum absolute atomic E-state index is 0.243. The largest absolute Gasteiger partial charge is 0.397 e. The van der Waals surface area contributed by atoms with E-state index in [2.05, 4.69) is 25.1 Å². The van der Waals surface area contributed by atoms with Crippen molar-refractivity contribution in [2.24, 2.45) is 5.41 Å². The molecule has 0 aromatic heterocycles. The van der Waals surface area contributed by atoms with Crippen molar-refractivity contribution in [2.45, 2.75) is 19.3 Å². The van der Waals surface area contributed by atoms with Crippen molar-refractivity contribution in [3.63, 3.8) is 0 Å². The van der Waals surface area contributed by atoms with Crippen molar-refractivity contribution in [3.05, 3.63) is 38.0 Å². The number of amides is 1. The first kappa shape index (κ1) is 13.6. The van der Waals surface area contributed by atoms with E-state index < -0.39 is 6.16 Å². The maximum Gasteiger partial charge on any atom is 0.397 e. The summed E-state index contributed by atoms with van der Waals surface area (Å²) in [7, 11) is 0. The van der Waals surface area contributed by atoms with Crippen LogP contribution in [0.2, 0.25) is 0 Å². The minimum Gasteiger partial charge on any atom is -0.327 e. The predicted octanol–water partition coefficient (Wildman–Crippen LogP) is 3.38. The smallest absolute Gasteiger partial charge is 0.327 e. The van der Waals surface area contributed by atoms with Crippen LogP contribution in [0.15, 0.2) is 38.0 Å². The lowest BCUT2D eigenvalue weighted by Crippen LogP contribution is -2.35. The first-order chi connectivity index (χ1) is 7.10. The van der Waals surface area contributed by atoms with Gasteiger partial charge in [-0.05, 0) is 24.7 Å². The van der Waals surface area contributed by atoms with Gasteiger partial charge in [-0.1, -0.05) is 18.2 Å². The maximum atomic E-state index is 12.1. The number of rotatable bonds is 8. The molecular formula is C12H18FNO. The van der Waals surface area contributed by atoms with Gasteiger partial charge in [-0.2, -0.15) is 0 Å². The molecule has 0 bridgehead atoms. The molecule has 0 aliphatic carbocycles. The van der Waals surface area contributed by atoms with E-state index in [4.69, 9.17) is 0 Å². The van der Waals surface area contributed by atoms with Gasteiger partial charge in [0.2, 0.25) is 0 Å². The fourth-order valence-corrected chi connectivity index (χ4v) is 1.64. The average molecular weight is 211 g/mol. The average Bonchev–Trinajstić information content (AvgIpc) is 2.16. The number of halogens is 1. The second-order valence-electron chi connectivity index (χ2n) is 3.61. The Morgan fingerprint density at radius 3 is 1.80 bits per heavy atom. The highest BCUT2D eigenvalue weighted by atomic mass is 19.1. The normalized spacial score (nSPS) is 10.5. The van der Waals surface area contributed by atoms with E-state index in [0.717, 1.165) is 0 Å². The van der Waals surface area contributed by atoms with Crippen LogP contribution in [0.25, 0.3) is 0 Å². The summed E-state index contributed by atoms with van der Waals surface area (Å²) in [6.07, 6.45) is 5.84. The SMILES string of the molecule is C=CCC(CC=C)(CC=C)CNC(=O)F. The molecule has 0 radical (unpaired) electrons. The van der Waals surface area contributed by atoms with E-state index in [1.54, 1.807) is 18.2 Å². The topological polar surface area (TPSA) is 29.1 Å². The lowest BCUT2D eigenvalue weighted by atomic mass is 9.78. The van der Waals surface area contributed by atoms with E-state index in [0.29, 0.717) is 19.3 Å². The molecule has 84 valence electrons. The Hall–Kier alpha value is -1.38.